The van der Waals surface area contributed by atoms with E-state index in [0.29, 0.717) is 0 Å². The number of nitrogens with one attached hydrogen (secondary N) is 1. The van der Waals surface area contributed by atoms with Gasteiger partial charge in [0.2, 0.25) is 0 Å². The number of halogens is 1. The fraction of sp³-hybridized carbons (Fsp3) is 0.625. The van der Waals surface area contributed by atoms with E-state index in [1.54, 1.807) is 14.2 Å². The zero-order valence-corrected chi connectivity index (χ0v) is 14.4. The molecule has 1 aromatic carbocycles. The molecular formula is C16H26BrNO2. The Labute approximate surface area is 131 Å². The summed E-state index contributed by atoms with van der Waals surface area (Å²) in [4.78, 5) is 0. The minimum Gasteiger partial charge on any atom is -0.493 e. The molecule has 4 heteroatoms. The van der Waals surface area contributed by atoms with Crippen LogP contribution in [0, 0.1) is 0 Å². The maximum absolute atomic E-state index is 5.35. The van der Waals surface area contributed by atoms with Crippen molar-refractivity contribution in [2.45, 2.75) is 45.6 Å². The first-order chi connectivity index (χ1) is 9.72. The molecule has 1 N–H and O–H groups in total. The summed E-state index contributed by atoms with van der Waals surface area (Å²) in [6, 6.07) is 4.10. The summed E-state index contributed by atoms with van der Waals surface area (Å²) in [5.41, 5.74) is 1.20. The minimum absolute atomic E-state index is 0.746. The lowest BCUT2D eigenvalue weighted by molar-refractivity contribution is 0.352. The molecule has 1 rings (SSSR count). The molecule has 0 aliphatic rings. The van der Waals surface area contributed by atoms with Crippen LogP contribution in [0.2, 0.25) is 0 Å². The SMILES string of the molecule is CCCCCCCNCc1cc(Br)c(OC)c(OC)c1. The average molecular weight is 344 g/mol. The molecule has 0 fully saturated rings. The normalized spacial score (nSPS) is 10.6. The van der Waals surface area contributed by atoms with Crippen molar-refractivity contribution >= 4 is 15.9 Å². The predicted molar refractivity (Wildman–Crippen MR) is 87.7 cm³/mol. The van der Waals surface area contributed by atoms with Gasteiger partial charge in [0.05, 0.1) is 18.7 Å². The van der Waals surface area contributed by atoms with E-state index in [1.165, 1.54) is 37.7 Å². The van der Waals surface area contributed by atoms with Gasteiger partial charge < -0.3 is 14.8 Å². The van der Waals surface area contributed by atoms with Crippen molar-refractivity contribution in [3.8, 4) is 11.5 Å². The summed E-state index contributed by atoms with van der Waals surface area (Å²) >= 11 is 3.52. The van der Waals surface area contributed by atoms with Gasteiger partial charge in [0.25, 0.3) is 0 Å². The smallest absolute Gasteiger partial charge is 0.174 e. The molecule has 0 heterocycles. The van der Waals surface area contributed by atoms with Gasteiger partial charge in [-0.05, 0) is 46.6 Å². The second-order valence-electron chi connectivity index (χ2n) is 4.90. The standard InChI is InChI=1S/C16H26BrNO2/c1-4-5-6-7-8-9-18-12-13-10-14(17)16(20-3)15(11-13)19-2/h10-11,18H,4-9,12H2,1-3H3. The average Bonchev–Trinajstić information content (AvgIpc) is 2.45. The number of benzene rings is 1. The van der Waals surface area contributed by atoms with Crippen LogP contribution in [-0.2, 0) is 6.54 Å². The number of hydrogen-bond acceptors (Lipinski definition) is 3. The Bertz CT molecular complexity index is 396. The molecule has 1 aromatic rings. The molecule has 0 atom stereocenters. The lowest BCUT2D eigenvalue weighted by Crippen LogP contribution is -2.14. The van der Waals surface area contributed by atoms with Gasteiger partial charge in [0.1, 0.15) is 0 Å². The maximum atomic E-state index is 5.35. The van der Waals surface area contributed by atoms with Gasteiger partial charge in [-0.3, -0.25) is 0 Å². The molecular weight excluding hydrogens is 318 g/mol. The summed E-state index contributed by atoms with van der Waals surface area (Å²) < 4.78 is 11.6. The van der Waals surface area contributed by atoms with Crippen molar-refractivity contribution in [2.75, 3.05) is 20.8 Å². The predicted octanol–water partition coefficient (Wildman–Crippen LogP) is 4.53. The Morgan fingerprint density at radius 3 is 2.45 bits per heavy atom. The quantitative estimate of drug-likeness (QED) is 0.633. The summed E-state index contributed by atoms with van der Waals surface area (Å²) in [6.45, 7) is 4.16. The topological polar surface area (TPSA) is 30.5 Å². The van der Waals surface area contributed by atoms with Crippen molar-refractivity contribution in [1.82, 2.24) is 5.32 Å². The minimum atomic E-state index is 0.746. The first-order valence-electron chi connectivity index (χ1n) is 7.34. The fourth-order valence-corrected chi connectivity index (χ4v) is 2.81. The molecule has 0 radical (unpaired) electrons. The highest BCUT2D eigenvalue weighted by Crippen LogP contribution is 2.36. The van der Waals surface area contributed by atoms with Crippen LogP contribution in [0.5, 0.6) is 11.5 Å². The van der Waals surface area contributed by atoms with Gasteiger partial charge in [-0.15, -0.1) is 0 Å². The summed E-state index contributed by atoms with van der Waals surface area (Å²) in [7, 11) is 3.31. The van der Waals surface area contributed by atoms with Crippen molar-refractivity contribution in [1.29, 1.82) is 0 Å². The van der Waals surface area contributed by atoms with Crippen LogP contribution >= 0.6 is 15.9 Å². The summed E-state index contributed by atoms with van der Waals surface area (Å²) in [6.07, 6.45) is 6.56. The van der Waals surface area contributed by atoms with Crippen LogP contribution < -0.4 is 14.8 Å². The van der Waals surface area contributed by atoms with Crippen molar-refractivity contribution in [3.05, 3.63) is 22.2 Å². The van der Waals surface area contributed by atoms with Crippen LogP contribution in [0.25, 0.3) is 0 Å². The maximum Gasteiger partial charge on any atom is 0.174 e. The fourth-order valence-electron chi connectivity index (χ4n) is 2.16. The largest absolute Gasteiger partial charge is 0.493 e. The third-order valence-corrected chi connectivity index (χ3v) is 3.87. The molecule has 0 bridgehead atoms. The van der Waals surface area contributed by atoms with Gasteiger partial charge in [-0.2, -0.15) is 0 Å². The van der Waals surface area contributed by atoms with Crippen LogP contribution in [-0.4, -0.2) is 20.8 Å². The first-order valence-corrected chi connectivity index (χ1v) is 8.13. The van der Waals surface area contributed by atoms with Gasteiger partial charge in [-0.25, -0.2) is 0 Å². The van der Waals surface area contributed by atoms with Crippen LogP contribution in [0.4, 0.5) is 0 Å². The molecule has 0 saturated carbocycles. The number of ether oxygens (including phenoxy) is 2. The van der Waals surface area contributed by atoms with Gasteiger partial charge in [0, 0.05) is 6.54 Å². The number of unbranched alkanes of at least 4 members (excludes halogenated alkanes) is 4. The van der Waals surface area contributed by atoms with Crippen LogP contribution in [0.3, 0.4) is 0 Å². The molecule has 0 spiro atoms. The third-order valence-electron chi connectivity index (χ3n) is 3.28. The highest BCUT2D eigenvalue weighted by atomic mass is 79.9. The zero-order chi connectivity index (χ0) is 14.8. The van der Waals surface area contributed by atoms with E-state index in [0.717, 1.165) is 29.1 Å². The lowest BCUT2D eigenvalue weighted by atomic mass is 10.1. The van der Waals surface area contributed by atoms with Crippen molar-refractivity contribution < 1.29 is 9.47 Å². The first kappa shape index (κ1) is 17.3. The monoisotopic (exact) mass is 343 g/mol. The molecule has 114 valence electrons. The number of rotatable bonds is 10. The highest BCUT2D eigenvalue weighted by Gasteiger charge is 2.10. The molecule has 0 aromatic heterocycles. The Morgan fingerprint density at radius 2 is 1.80 bits per heavy atom. The van der Waals surface area contributed by atoms with E-state index in [4.69, 9.17) is 9.47 Å². The zero-order valence-electron chi connectivity index (χ0n) is 12.8. The van der Waals surface area contributed by atoms with E-state index in [1.807, 2.05) is 6.07 Å². The molecule has 0 saturated heterocycles. The molecule has 0 aliphatic heterocycles. The van der Waals surface area contributed by atoms with E-state index in [-0.39, 0.29) is 0 Å². The van der Waals surface area contributed by atoms with E-state index in [2.05, 4.69) is 34.2 Å². The van der Waals surface area contributed by atoms with Crippen LogP contribution in [0.1, 0.15) is 44.6 Å². The second-order valence-corrected chi connectivity index (χ2v) is 5.76. The van der Waals surface area contributed by atoms with Crippen molar-refractivity contribution in [3.63, 3.8) is 0 Å². The Morgan fingerprint density at radius 1 is 1.05 bits per heavy atom. The van der Waals surface area contributed by atoms with Gasteiger partial charge in [0.15, 0.2) is 11.5 Å². The van der Waals surface area contributed by atoms with E-state index < -0.39 is 0 Å². The van der Waals surface area contributed by atoms with Gasteiger partial charge in [-0.1, -0.05) is 32.6 Å². The number of hydrogen-bond donors (Lipinski definition) is 1. The Kier molecular flexibility index (Phi) is 8.70. The lowest BCUT2D eigenvalue weighted by Gasteiger charge is -2.12. The second kappa shape index (κ2) is 10.1. The summed E-state index contributed by atoms with van der Waals surface area (Å²) in [5.74, 6) is 1.51. The highest BCUT2D eigenvalue weighted by molar-refractivity contribution is 9.10. The molecule has 0 unspecified atom stereocenters. The molecule has 3 nitrogen and oxygen atoms in total. The van der Waals surface area contributed by atoms with E-state index in [9.17, 15) is 0 Å². The van der Waals surface area contributed by atoms with Crippen LogP contribution in [0.15, 0.2) is 16.6 Å². The molecule has 0 amide bonds. The van der Waals surface area contributed by atoms with Gasteiger partial charge >= 0.3 is 0 Å². The molecule has 0 aliphatic carbocycles. The Hall–Kier alpha value is -0.740. The summed E-state index contributed by atoms with van der Waals surface area (Å²) in [5, 5.41) is 3.48. The molecule has 20 heavy (non-hydrogen) atoms. The third kappa shape index (κ3) is 5.71. The van der Waals surface area contributed by atoms with Crippen molar-refractivity contribution in [2.24, 2.45) is 0 Å². The Balaban J connectivity index is 2.39. The number of methoxy groups -OCH3 is 2. The van der Waals surface area contributed by atoms with E-state index >= 15 is 0 Å².